The zero-order valence-corrected chi connectivity index (χ0v) is 13.0. The van der Waals surface area contributed by atoms with Gasteiger partial charge in [0.1, 0.15) is 0 Å². The molecule has 0 aliphatic carbocycles. The standard InChI is InChI=1S/C14H14Cl2N4O/c1-14(2,10-4-3-9(15)7-11(10)16)20-13(21)19-12-8-17-5-6-18-12/h3-8H,1-2H3,(H2,18,19,20,21). The van der Waals surface area contributed by atoms with Crippen LogP contribution in [0, 0.1) is 0 Å². The largest absolute Gasteiger partial charge is 0.329 e. The summed E-state index contributed by atoms with van der Waals surface area (Å²) in [6.45, 7) is 3.69. The molecule has 0 fully saturated rings. The van der Waals surface area contributed by atoms with Gasteiger partial charge in [0.15, 0.2) is 5.82 Å². The Bertz CT molecular complexity index is 647. The number of rotatable bonds is 3. The molecule has 0 unspecified atom stereocenters. The lowest BCUT2D eigenvalue weighted by molar-refractivity contribution is 0.242. The smallest absolute Gasteiger partial charge is 0.321 e. The van der Waals surface area contributed by atoms with Crippen LogP contribution in [-0.4, -0.2) is 16.0 Å². The van der Waals surface area contributed by atoms with E-state index in [-0.39, 0.29) is 0 Å². The van der Waals surface area contributed by atoms with Gasteiger partial charge in [-0.3, -0.25) is 10.3 Å². The maximum atomic E-state index is 12.0. The van der Waals surface area contributed by atoms with Crippen LogP contribution in [0.25, 0.3) is 0 Å². The number of nitrogens with one attached hydrogen (secondary N) is 2. The van der Waals surface area contributed by atoms with Gasteiger partial charge in [-0.2, -0.15) is 0 Å². The summed E-state index contributed by atoms with van der Waals surface area (Å²) < 4.78 is 0. The van der Waals surface area contributed by atoms with Crippen molar-refractivity contribution in [1.29, 1.82) is 0 Å². The number of halogens is 2. The number of amides is 2. The number of urea groups is 1. The molecule has 0 spiro atoms. The Labute approximate surface area is 132 Å². The van der Waals surface area contributed by atoms with Crippen molar-refractivity contribution < 1.29 is 4.79 Å². The molecule has 2 aromatic rings. The van der Waals surface area contributed by atoms with E-state index in [0.717, 1.165) is 5.56 Å². The molecule has 1 aromatic heterocycles. The van der Waals surface area contributed by atoms with Crippen molar-refractivity contribution in [3.63, 3.8) is 0 Å². The van der Waals surface area contributed by atoms with E-state index in [1.54, 1.807) is 18.2 Å². The fraction of sp³-hybridized carbons (Fsp3) is 0.214. The quantitative estimate of drug-likeness (QED) is 0.901. The van der Waals surface area contributed by atoms with Crippen LogP contribution >= 0.6 is 23.2 Å². The molecule has 0 saturated carbocycles. The molecular formula is C14H14Cl2N4O. The number of hydrogen-bond acceptors (Lipinski definition) is 3. The highest BCUT2D eigenvalue weighted by molar-refractivity contribution is 6.35. The fourth-order valence-electron chi connectivity index (χ4n) is 1.86. The number of carbonyl (C=O) groups excluding carboxylic acids is 1. The van der Waals surface area contributed by atoms with E-state index in [9.17, 15) is 4.79 Å². The molecule has 2 N–H and O–H groups in total. The van der Waals surface area contributed by atoms with E-state index in [4.69, 9.17) is 23.2 Å². The summed E-state index contributed by atoms with van der Waals surface area (Å²) in [4.78, 5) is 19.9. The number of carbonyl (C=O) groups is 1. The molecular weight excluding hydrogens is 311 g/mol. The molecule has 0 radical (unpaired) electrons. The lowest BCUT2D eigenvalue weighted by atomic mass is 9.94. The fourth-order valence-corrected chi connectivity index (χ4v) is 2.50. The van der Waals surface area contributed by atoms with Gasteiger partial charge < -0.3 is 5.32 Å². The van der Waals surface area contributed by atoms with Crippen LogP contribution in [0.2, 0.25) is 10.0 Å². The first-order valence-corrected chi connectivity index (χ1v) is 6.95. The summed E-state index contributed by atoms with van der Waals surface area (Å²) >= 11 is 12.1. The third kappa shape index (κ3) is 4.06. The Kier molecular flexibility index (Phi) is 4.65. The minimum Gasteiger partial charge on any atom is -0.329 e. The van der Waals surface area contributed by atoms with E-state index in [1.807, 2.05) is 13.8 Å². The zero-order valence-electron chi connectivity index (χ0n) is 11.5. The SMILES string of the molecule is CC(C)(NC(=O)Nc1cnccn1)c1ccc(Cl)cc1Cl. The summed E-state index contributed by atoms with van der Waals surface area (Å²) in [6, 6.07) is 4.76. The average Bonchev–Trinajstić information content (AvgIpc) is 2.38. The highest BCUT2D eigenvalue weighted by Gasteiger charge is 2.25. The molecule has 2 amide bonds. The minimum absolute atomic E-state index is 0.369. The minimum atomic E-state index is -0.673. The molecule has 110 valence electrons. The van der Waals surface area contributed by atoms with Crippen LogP contribution in [0.15, 0.2) is 36.8 Å². The summed E-state index contributed by atoms with van der Waals surface area (Å²) in [7, 11) is 0. The van der Waals surface area contributed by atoms with Crippen molar-refractivity contribution in [2.45, 2.75) is 19.4 Å². The van der Waals surface area contributed by atoms with Crippen LogP contribution < -0.4 is 10.6 Å². The van der Waals surface area contributed by atoms with E-state index < -0.39 is 11.6 Å². The summed E-state index contributed by atoms with van der Waals surface area (Å²) in [5.41, 5.74) is 0.0939. The van der Waals surface area contributed by atoms with Gasteiger partial charge >= 0.3 is 6.03 Å². The monoisotopic (exact) mass is 324 g/mol. The van der Waals surface area contributed by atoms with Crippen molar-refractivity contribution in [3.05, 3.63) is 52.4 Å². The van der Waals surface area contributed by atoms with Crippen molar-refractivity contribution in [1.82, 2.24) is 15.3 Å². The molecule has 1 aromatic carbocycles. The van der Waals surface area contributed by atoms with Crippen LogP contribution in [0.4, 0.5) is 10.6 Å². The van der Waals surface area contributed by atoms with Gasteiger partial charge in [0.05, 0.1) is 11.7 Å². The third-order valence-electron chi connectivity index (χ3n) is 2.84. The van der Waals surface area contributed by atoms with Crippen molar-refractivity contribution in [2.75, 3.05) is 5.32 Å². The second kappa shape index (κ2) is 6.28. The Hall–Kier alpha value is -1.85. The number of anilines is 1. The third-order valence-corrected chi connectivity index (χ3v) is 3.38. The van der Waals surface area contributed by atoms with Crippen LogP contribution in [0.5, 0.6) is 0 Å². The molecule has 0 saturated heterocycles. The molecule has 0 aliphatic heterocycles. The Balaban J connectivity index is 2.11. The molecule has 1 heterocycles. The molecule has 0 atom stereocenters. The van der Waals surface area contributed by atoms with Gasteiger partial charge in [0, 0.05) is 22.4 Å². The molecule has 21 heavy (non-hydrogen) atoms. The van der Waals surface area contributed by atoms with Gasteiger partial charge in [-0.25, -0.2) is 9.78 Å². The molecule has 2 rings (SSSR count). The predicted octanol–water partition coefficient (Wildman–Crippen LogP) is 3.84. The molecule has 7 heteroatoms. The summed E-state index contributed by atoms with van der Waals surface area (Å²) in [5.74, 6) is 0.369. The van der Waals surface area contributed by atoms with Crippen molar-refractivity contribution in [2.24, 2.45) is 0 Å². The topological polar surface area (TPSA) is 66.9 Å². The Morgan fingerprint density at radius 3 is 2.62 bits per heavy atom. The summed E-state index contributed by atoms with van der Waals surface area (Å²) in [5, 5.41) is 6.48. The van der Waals surface area contributed by atoms with Gasteiger partial charge in [-0.1, -0.05) is 29.3 Å². The first kappa shape index (κ1) is 15.5. The summed E-state index contributed by atoms with van der Waals surface area (Å²) in [6.07, 6.45) is 4.49. The average molecular weight is 325 g/mol. The highest BCUT2D eigenvalue weighted by atomic mass is 35.5. The molecule has 0 bridgehead atoms. The maximum Gasteiger partial charge on any atom is 0.321 e. The second-order valence-corrected chi connectivity index (χ2v) is 5.76. The number of benzene rings is 1. The normalized spacial score (nSPS) is 11.0. The Morgan fingerprint density at radius 1 is 1.24 bits per heavy atom. The van der Waals surface area contributed by atoms with Crippen LogP contribution in [0.1, 0.15) is 19.4 Å². The van der Waals surface area contributed by atoms with Crippen molar-refractivity contribution in [3.8, 4) is 0 Å². The Morgan fingerprint density at radius 2 is 2.00 bits per heavy atom. The zero-order chi connectivity index (χ0) is 15.5. The van der Waals surface area contributed by atoms with Crippen molar-refractivity contribution >= 4 is 35.1 Å². The molecule has 5 nitrogen and oxygen atoms in total. The van der Waals surface area contributed by atoms with Gasteiger partial charge in [0.2, 0.25) is 0 Å². The van der Waals surface area contributed by atoms with Gasteiger partial charge in [0.25, 0.3) is 0 Å². The predicted molar refractivity (Wildman–Crippen MR) is 83.7 cm³/mol. The van der Waals surface area contributed by atoms with Gasteiger partial charge in [-0.05, 0) is 31.5 Å². The number of nitrogens with zero attached hydrogens (tertiary/aromatic N) is 2. The van der Waals surface area contributed by atoms with E-state index in [1.165, 1.54) is 18.6 Å². The maximum absolute atomic E-state index is 12.0. The lowest BCUT2D eigenvalue weighted by Crippen LogP contribution is -2.43. The number of hydrogen-bond donors (Lipinski definition) is 2. The van der Waals surface area contributed by atoms with Gasteiger partial charge in [-0.15, -0.1) is 0 Å². The van der Waals surface area contributed by atoms with E-state index in [2.05, 4.69) is 20.6 Å². The first-order chi connectivity index (χ1) is 9.88. The number of aromatic nitrogens is 2. The lowest BCUT2D eigenvalue weighted by Gasteiger charge is -2.28. The van der Waals surface area contributed by atoms with E-state index >= 15 is 0 Å². The van der Waals surface area contributed by atoms with Crippen LogP contribution in [0.3, 0.4) is 0 Å². The van der Waals surface area contributed by atoms with Crippen LogP contribution in [-0.2, 0) is 5.54 Å². The second-order valence-electron chi connectivity index (χ2n) is 4.92. The molecule has 0 aliphatic rings. The van der Waals surface area contributed by atoms with E-state index in [0.29, 0.717) is 15.9 Å². The first-order valence-electron chi connectivity index (χ1n) is 6.19. The highest BCUT2D eigenvalue weighted by Crippen LogP contribution is 2.30.